The number of fused-ring (bicyclic) bond motifs is 1. The molecule has 1 fully saturated rings. The van der Waals surface area contributed by atoms with Gasteiger partial charge in [0.2, 0.25) is 5.96 Å². The predicted molar refractivity (Wildman–Crippen MR) is 118 cm³/mol. The Kier molecular flexibility index (Phi) is 5.54. The average Bonchev–Trinajstić information content (AvgIpc) is 3.07. The molecule has 2 N–H and O–H groups in total. The van der Waals surface area contributed by atoms with Crippen LogP contribution in [0.4, 0.5) is 4.79 Å². The summed E-state index contributed by atoms with van der Waals surface area (Å²) < 4.78 is 0.986. The van der Waals surface area contributed by atoms with Crippen LogP contribution < -0.4 is 10.7 Å². The van der Waals surface area contributed by atoms with Gasteiger partial charge in [-0.1, -0.05) is 57.9 Å². The highest BCUT2D eigenvalue weighted by molar-refractivity contribution is 9.10. The molecule has 8 nitrogen and oxygen atoms in total. The van der Waals surface area contributed by atoms with E-state index in [1.807, 2.05) is 54.3 Å². The summed E-state index contributed by atoms with van der Waals surface area (Å²) >= 11 is 3.41. The van der Waals surface area contributed by atoms with Gasteiger partial charge in [-0.3, -0.25) is 10.1 Å². The Bertz CT molecular complexity index is 1040. The molecular formula is C21H21BrN6O2. The molecule has 0 radical (unpaired) electrons. The van der Waals surface area contributed by atoms with Crippen molar-refractivity contribution in [3.05, 3.63) is 69.7 Å². The Hall–Kier alpha value is -3.20. The minimum Gasteiger partial charge on any atom is -0.321 e. The molecule has 0 bridgehead atoms. The van der Waals surface area contributed by atoms with E-state index in [0.717, 1.165) is 21.2 Å². The van der Waals surface area contributed by atoms with E-state index in [9.17, 15) is 9.59 Å². The predicted octanol–water partition coefficient (Wildman–Crippen LogP) is 2.43. The number of hydrogen-bond acceptors (Lipinski definition) is 6. The van der Waals surface area contributed by atoms with Crippen LogP contribution in [0, 0.1) is 6.92 Å². The monoisotopic (exact) mass is 468 g/mol. The first-order chi connectivity index (χ1) is 14.4. The fraction of sp³-hybridized carbons (Fsp3) is 0.238. The van der Waals surface area contributed by atoms with Crippen molar-refractivity contribution in [3.63, 3.8) is 0 Å². The molecule has 4 rings (SSSR count). The highest BCUT2D eigenvalue weighted by atomic mass is 79.9. The fourth-order valence-electron chi connectivity index (χ4n) is 3.51. The summed E-state index contributed by atoms with van der Waals surface area (Å²) in [5.74, 6) is 0.0739. The smallest absolute Gasteiger partial charge is 0.321 e. The van der Waals surface area contributed by atoms with Crippen molar-refractivity contribution < 1.29 is 9.59 Å². The lowest BCUT2D eigenvalue weighted by atomic mass is 10.1. The Balaban J connectivity index is 1.59. The second-order valence-corrected chi connectivity index (χ2v) is 8.17. The number of nitrogens with one attached hydrogen (secondary N) is 2. The van der Waals surface area contributed by atoms with Gasteiger partial charge < -0.3 is 9.80 Å². The van der Waals surface area contributed by atoms with Crippen molar-refractivity contribution >= 4 is 40.0 Å². The normalized spacial score (nSPS) is 21.0. The van der Waals surface area contributed by atoms with Crippen LogP contribution in [0.2, 0.25) is 0 Å². The van der Waals surface area contributed by atoms with Gasteiger partial charge in [-0.25, -0.2) is 15.2 Å². The number of hydrogen-bond donors (Lipinski definition) is 2. The molecule has 2 aliphatic rings. The Morgan fingerprint density at radius 3 is 2.73 bits per heavy atom. The molecule has 0 spiro atoms. The summed E-state index contributed by atoms with van der Waals surface area (Å²) in [7, 11) is 1.63. The fourth-order valence-corrected chi connectivity index (χ4v) is 3.78. The van der Waals surface area contributed by atoms with E-state index in [0.29, 0.717) is 12.5 Å². The zero-order valence-corrected chi connectivity index (χ0v) is 18.1. The molecule has 2 unspecified atom stereocenters. The second kappa shape index (κ2) is 8.27. The molecule has 9 heteroatoms. The van der Waals surface area contributed by atoms with Gasteiger partial charge in [0.1, 0.15) is 0 Å². The topological polar surface area (TPSA) is 89.4 Å². The maximum Gasteiger partial charge on any atom is 0.325 e. The third-order valence-corrected chi connectivity index (χ3v) is 5.57. The number of rotatable bonds is 4. The molecular weight excluding hydrogens is 448 g/mol. The van der Waals surface area contributed by atoms with Crippen LogP contribution in [-0.2, 0) is 11.3 Å². The first-order valence-electron chi connectivity index (χ1n) is 9.44. The van der Waals surface area contributed by atoms with Crippen molar-refractivity contribution in [1.29, 1.82) is 0 Å². The largest absolute Gasteiger partial charge is 0.325 e. The lowest BCUT2D eigenvalue weighted by Crippen LogP contribution is -2.63. The molecule has 2 aromatic carbocycles. The number of benzene rings is 2. The zero-order valence-electron chi connectivity index (χ0n) is 16.5. The van der Waals surface area contributed by atoms with Crippen LogP contribution in [0.25, 0.3) is 0 Å². The summed E-state index contributed by atoms with van der Waals surface area (Å²) in [5.41, 5.74) is 6.04. The summed E-state index contributed by atoms with van der Waals surface area (Å²) in [4.78, 5) is 32.5. The molecule has 30 heavy (non-hydrogen) atoms. The number of likely N-dealkylation sites (N-methyl/N-ethyl adjacent to an activating group) is 1. The van der Waals surface area contributed by atoms with Gasteiger partial charge in [-0.2, -0.15) is 5.10 Å². The maximum atomic E-state index is 12.6. The van der Waals surface area contributed by atoms with Gasteiger partial charge in [-0.05, 0) is 30.2 Å². The molecule has 154 valence electrons. The lowest BCUT2D eigenvalue weighted by Gasteiger charge is -2.36. The Morgan fingerprint density at radius 2 is 2.00 bits per heavy atom. The highest BCUT2D eigenvalue weighted by Crippen LogP contribution is 2.25. The van der Waals surface area contributed by atoms with Crippen molar-refractivity contribution in [3.8, 4) is 0 Å². The van der Waals surface area contributed by atoms with Gasteiger partial charge in [0.05, 0.1) is 6.21 Å². The molecule has 0 aromatic heterocycles. The number of guanidine groups is 1. The number of amides is 3. The first-order valence-corrected chi connectivity index (χ1v) is 10.2. The van der Waals surface area contributed by atoms with Gasteiger partial charge in [0.25, 0.3) is 5.91 Å². The average molecular weight is 469 g/mol. The highest BCUT2D eigenvalue weighted by Gasteiger charge is 2.48. The summed E-state index contributed by atoms with van der Waals surface area (Å²) in [6.45, 7) is 2.48. The zero-order chi connectivity index (χ0) is 21.3. The molecule has 1 saturated heterocycles. The summed E-state index contributed by atoms with van der Waals surface area (Å²) in [5, 5.41) is 6.69. The SMILES string of the molecule is Cc1cccc(CN2C(N/N=C/c3ccc(Br)cc3)=NC3C2C(=O)NC(=O)N3C)c1. The third-order valence-electron chi connectivity index (χ3n) is 5.04. The number of halogens is 1. The Labute approximate surface area is 182 Å². The number of carbonyl (C=O) groups excluding carboxylic acids is 2. The number of carbonyl (C=O) groups is 2. The van der Waals surface area contributed by atoms with Gasteiger partial charge >= 0.3 is 6.03 Å². The van der Waals surface area contributed by atoms with Gasteiger partial charge in [-0.15, -0.1) is 0 Å². The van der Waals surface area contributed by atoms with E-state index >= 15 is 0 Å². The van der Waals surface area contributed by atoms with E-state index in [1.54, 1.807) is 13.3 Å². The van der Waals surface area contributed by atoms with Crippen LogP contribution in [0.3, 0.4) is 0 Å². The van der Waals surface area contributed by atoms with E-state index < -0.39 is 18.2 Å². The maximum absolute atomic E-state index is 12.6. The van der Waals surface area contributed by atoms with Crippen molar-refractivity contribution in [2.45, 2.75) is 25.7 Å². The number of urea groups is 1. The van der Waals surface area contributed by atoms with E-state index in [4.69, 9.17) is 0 Å². The second-order valence-electron chi connectivity index (χ2n) is 7.25. The first kappa shape index (κ1) is 20.1. The van der Waals surface area contributed by atoms with Crippen LogP contribution in [0.15, 0.2) is 63.1 Å². The van der Waals surface area contributed by atoms with Gasteiger partial charge in [0, 0.05) is 18.1 Å². The summed E-state index contributed by atoms with van der Waals surface area (Å²) in [6.07, 6.45) is 1.07. The molecule has 2 heterocycles. The van der Waals surface area contributed by atoms with Crippen LogP contribution >= 0.6 is 15.9 Å². The van der Waals surface area contributed by atoms with E-state index in [1.165, 1.54) is 4.90 Å². The quantitative estimate of drug-likeness (QED) is 0.532. The number of aryl methyl sites for hydroxylation is 1. The molecule has 3 amide bonds. The molecule has 0 aliphatic carbocycles. The van der Waals surface area contributed by atoms with E-state index in [2.05, 4.69) is 42.8 Å². The number of hydrazone groups is 1. The molecule has 2 aromatic rings. The standard InChI is InChI=1S/C21H21BrN6O2/c1-13-4-3-5-15(10-13)12-28-17-18(27(2)21(30)25-19(17)29)24-20(28)26-23-11-14-6-8-16(22)9-7-14/h3-11,17-18H,12H2,1-2H3,(H,24,26)(H,25,29,30)/b23-11+. The van der Waals surface area contributed by atoms with Crippen molar-refractivity contribution in [2.24, 2.45) is 10.1 Å². The number of aliphatic imine (C=N–C) groups is 1. The van der Waals surface area contributed by atoms with E-state index in [-0.39, 0.29) is 5.91 Å². The molecule has 2 aliphatic heterocycles. The van der Waals surface area contributed by atoms with Crippen LogP contribution in [-0.4, -0.2) is 53.2 Å². The molecule has 0 saturated carbocycles. The minimum atomic E-state index is -0.626. The minimum absolute atomic E-state index is 0.367. The number of nitrogens with zero attached hydrogens (tertiary/aromatic N) is 4. The van der Waals surface area contributed by atoms with Crippen LogP contribution in [0.5, 0.6) is 0 Å². The third kappa shape index (κ3) is 4.06. The van der Waals surface area contributed by atoms with Crippen molar-refractivity contribution in [1.82, 2.24) is 20.5 Å². The number of imide groups is 1. The Morgan fingerprint density at radius 1 is 1.23 bits per heavy atom. The van der Waals surface area contributed by atoms with Crippen molar-refractivity contribution in [2.75, 3.05) is 7.05 Å². The van der Waals surface area contributed by atoms with Gasteiger partial charge in [0.15, 0.2) is 12.2 Å². The lowest BCUT2D eigenvalue weighted by molar-refractivity contribution is -0.127. The molecule has 2 atom stereocenters. The van der Waals surface area contributed by atoms with Crippen LogP contribution in [0.1, 0.15) is 16.7 Å². The summed E-state index contributed by atoms with van der Waals surface area (Å²) in [6, 6.07) is 14.7.